The van der Waals surface area contributed by atoms with Crippen LogP contribution in [0.2, 0.25) is 0 Å². The molecule has 72 valence electrons. The molecule has 3 heteroatoms. The summed E-state index contributed by atoms with van der Waals surface area (Å²) in [4.78, 5) is 13.4. The normalized spacial score (nSPS) is 11.7. The fourth-order valence-corrected chi connectivity index (χ4v) is 2.45. The smallest absolute Gasteiger partial charge is 0.183 e. The summed E-state index contributed by atoms with van der Waals surface area (Å²) in [5.41, 5.74) is 0.148. The highest BCUT2D eigenvalue weighted by Crippen LogP contribution is 2.29. The van der Waals surface area contributed by atoms with E-state index >= 15 is 0 Å². The highest BCUT2D eigenvalue weighted by Gasteiger charge is 2.17. The second kappa shape index (κ2) is 3.93. The Morgan fingerprint density at radius 1 is 1.46 bits per heavy atom. The zero-order chi connectivity index (χ0) is 10.1. The molecule has 0 N–H and O–H groups in total. The van der Waals surface area contributed by atoms with E-state index in [1.165, 1.54) is 4.88 Å². The first-order valence-electron chi connectivity index (χ1n) is 4.14. The molecular formula is C10H13BrOS. The molecule has 1 aromatic heterocycles. The molecule has 1 rings (SSSR count). The van der Waals surface area contributed by atoms with Crippen molar-refractivity contribution in [3.8, 4) is 0 Å². The van der Waals surface area contributed by atoms with Crippen LogP contribution >= 0.6 is 27.3 Å². The zero-order valence-corrected chi connectivity index (χ0v) is 10.5. The number of hydrogen-bond acceptors (Lipinski definition) is 2. The van der Waals surface area contributed by atoms with Gasteiger partial charge in [0.25, 0.3) is 0 Å². The lowest BCUT2D eigenvalue weighted by atomic mass is 9.95. The number of carbonyl (C=O) groups excluding carboxylic acids is 1. The summed E-state index contributed by atoms with van der Waals surface area (Å²) in [7, 11) is 0. The maximum absolute atomic E-state index is 11.3. The number of halogens is 1. The lowest BCUT2D eigenvalue weighted by Crippen LogP contribution is -2.07. The van der Waals surface area contributed by atoms with Crippen molar-refractivity contribution in [3.63, 3.8) is 0 Å². The van der Waals surface area contributed by atoms with Crippen molar-refractivity contribution in [2.75, 3.05) is 5.33 Å². The lowest BCUT2D eigenvalue weighted by Gasteiger charge is -2.15. The summed E-state index contributed by atoms with van der Waals surface area (Å²) in [6, 6.07) is 3.95. The van der Waals surface area contributed by atoms with Gasteiger partial charge in [0, 0.05) is 4.88 Å². The second-order valence-electron chi connectivity index (χ2n) is 3.97. The van der Waals surface area contributed by atoms with Crippen molar-refractivity contribution in [2.24, 2.45) is 0 Å². The van der Waals surface area contributed by atoms with Gasteiger partial charge in [0.15, 0.2) is 5.78 Å². The van der Waals surface area contributed by atoms with Gasteiger partial charge in [-0.3, -0.25) is 4.79 Å². The third-order valence-corrected chi connectivity index (χ3v) is 3.80. The molecule has 1 aromatic rings. The Labute approximate surface area is 91.3 Å². The highest BCUT2D eigenvalue weighted by molar-refractivity contribution is 9.09. The number of alkyl halides is 1. The van der Waals surface area contributed by atoms with Crippen LogP contribution < -0.4 is 0 Å². The van der Waals surface area contributed by atoms with Gasteiger partial charge in [-0.2, -0.15) is 0 Å². The Morgan fingerprint density at radius 2 is 2.08 bits per heavy atom. The number of ketones is 1. The molecule has 0 saturated carbocycles. The van der Waals surface area contributed by atoms with Gasteiger partial charge in [-0.25, -0.2) is 0 Å². The van der Waals surface area contributed by atoms with Crippen LogP contribution in [0.15, 0.2) is 12.1 Å². The molecule has 1 nitrogen and oxygen atoms in total. The van der Waals surface area contributed by atoms with Gasteiger partial charge in [0.2, 0.25) is 0 Å². The molecule has 0 unspecified atom stereocenters. The first-order chi connectivity index (χ1) is 5.95. The number of hydrogen-bond donors (Lipinski definition) is 0. The van der Waals surface area contributed by atoms with Gasteiger partial charge in [-0.05, 0) is 17.5 Å². The van der Waals surface area contributed by atoms with Crippen LogP contribution in [0.5, 0.6) is 0 Å². The van der Waals surface area contributed by atoms with Crippen molar-refractivity contribution >= 4 is 33.0 Å². The van der Waals surface area contributed by atoms with E-state index in [0.29, 0.717) is 5.33 Å². The third kappa shape index (κ3) is 2.64. The highest BCUT2D eigenvalue weighted by atomic mass is 79.9. The molecule has 0 bridgehead atoms. The fraction of sp³-hybridized carbons (Fsp3) is 0.500. The summed E-state index contributed by atoms with van der Waals surface area (Å²) in [6.45, 7) is 6.46. The monoisotopic (exact) mass is 260 g/mol. The summed E-state index contributed by atoms with van der Waals surface area (Å²) in [5, 5.41) is 0.414. The number of carbonyl (C=O) groups is 1. The van der Waals surface area contributed by atoms with Gasteiger partial charge < -0.3 is 0 Å². The van der Waals surface area contributed by atoms with Crippen molar-refractivity contribution in [3.05, 3.63) is 21.9 Å². The molecule has 0 aliphatic carbocycles. The molecule has 0 fully saturated rings. The van der Waals surface area contributed by atoms with Gasteiger partial charge in [-0.15, -0.1) is 11.3 Å². The second-order valence-corrected chi connectivity index (χ2v) is 5.62. The molecule has 0 atom stereocenters. The quantitative estimate of drug-likeness (QED) is 0.587. The predicted molar refractivity (Wildman–Crippen MR) is 61.1 cm³/mol. The van der Waals surface area contributed by atoms with E-state index < -0.39 is 0 Å². The Morgan fingerprint density at radius 3 is 2.46 bits per heavy atom. The van der Waals surface area contributed by atoms with Crippen LogP contribution in [-0.2, 0) is 5.41 Å². The SMILES string of the molecule is CC(C)(C)c1ccc(C(=O)CBr)s1. The minimum Gasteiger partial charge on any atom is -0.292 e. The minimum atomic E-state index is 0.148. The molecule has 0 radical (unpaired) electrons. The van der Waals surface area contributed by atoms with Crippen molar-refractivity contribution in [2.45, 2.75) is 26.2 Å². The summed E-state index contributed by atoms with van der Waals surface area (Å²) in [5.74, 6) is 0.167. The lowest BCUT2D eigenvalue weighted by molar-refractivity contribution is 0.102. The molecule has 0 saturated heterocycles. The van der Waals surface area contributed by atoms with E-state index in [1.54, 1.807) is 11.3 Å². The van der Waals surface area contributed by atoms with Gasteiger partial charge in [0.1, 0.15) is 0 Å². The van der Waals surface area contributed by atoms with Crippen LogP contribution in [0, 0.1) is 0 Å². The van der Waals surface area contributed by atoms with E-state index in [2.05, 4.69) is 36.7 Å². The molecule has 0 spiro atoms. The van der Waals surface area contributed by atoms with Crippen LogP contribution in [0.1, 0.15) is 35.3 Å². The Kier molecular flexibility index (Phi) is 3.30. The molecule has 0 aromatic carbocycles. The average Bonchev–Trinajstić information content (AvgIpc) is 2.50. The molecule has 0 aliphatic heterocycles. The summed E-state index contributed by atoms with van der Waals surface area (Å²) in [6.07, 6.45) is 0. The number of thiophene rings is 1. The third-order valence-electron chi connectivity index (χ3n) is 1.74. The van der Waals surface area contributed by atoms with Crippen molar-refractivity contribution in [1.82, 2.24) is 0 Å². The number of rotatable bonds is 2. The molecule has 13 heavy (non-hydrogen) atoms. The minimum absolute atomic E-state index is 0.148. The van der Waals surface area contributed by atoms with Gasteiger partial charge in [-0.1, -0.05) is 36.7 Å². The van der Waals surface area contributed by atoms with Crippen molar-refractivity contribution < 1.29 is 4.79 Å². The zero-order valence-electron chi connectivity index (χ0n) is 8.06. The Bertz CT molecular complexity index is 309. The molecule has 1 heterocycles. The van der Waals surface area contributed by atoms with Gasteiger partial charge in [0.05, 0.1) is 10.2 Å². The Hall–Kier alpha value is -0.150. The largest absolute Gasteiger partial charge is 0.292 e. The topological polar surface area (TPSA) is 17.1 Å². The summed E-state index contributed by atoms with van der Waals surface area (Å²) >= 11 is 4.76. The van der Waals surface area contributed by atoms with Crippen LogP contribution in [-0.4, -0.2) is 11.1 Å². The van der Waals surface area contributed by atoms with Crippen molar-refractivity contribution in [1.29, 1.82) is 0 Å². The average molecular weight is 261 g/mol. The summed E-state index contributed by atoms with van der Waals surface area (Å²) < 4.78 is 0. The molecule has 0 amide bonds. The first kappa shape index (κ1) is 10.9. The predicted octanol–water partition coefficient (Wildman–Crippen LogP) is 3.62. The first-order valence-corrected chi connectivity index (χ1v) is 6.08. The van der Waals surface area contributed by atoms with E-state index in [4.69, 9.17) is 0 Å². The van der Waals surface area contributed by atoms with Gasteiger partial charge >= 0.3 is 0 Å². The number of Topliss-reactive ketones (excluding diaryl/α,β-unsaturated/α-hetero) is 1. The van der Waals surface area contributed by atoms with Crippen LogP contribution in [0.3, 0.4) is 0 Å². The maximum Gasteiger partial charge on any atom is 0.183 e. The van der Waals surface area contributed by atoms with Crippen LogP contribution in [0.4, 0.5) is 0 Å². The van der Waals surface area contributed by atoms with E-state index in [0.717, 1.165) is 4.88 Å². The maximum atomic E-state index is 11.3. The van der Waals surface area contributed by atoms with E-state index in [-0.39, 0.29) is 11.2 Å². The molecular weight excluding hydrogens is 248 g/mol. The molecule has 0 aliphatic rings. The fourth-order valence-electron chi connectivity index (χ4n) is 0.957. The Balaban J connectivity index is 2.93. The van der Waals surface area contributed by atoms with E-state index in [9.17, 15) is 4.79 Å². The van der Waals surface area contributed by atoms with E-state index in [1.807, 2.05) is 12.1 Å². The van der Waals surface area contributed by atoms with Crippen LogP contribution in [0.25, 0.3) is 0 Å². The standard InChI is InChI=1S/C10H13BrOS/c1-10(2,3)9-5-4-8(13-9)7(12)6-11/h4-5H,6H2,1-3H3.